The van der Waals surface area contributed by atoms with Crippen molar-refractivity contribution in [2.75, 3.05) is 39.3 Å². The molecule has 3 unspecified atom stereocenters. The number of ether oxygens (including phenoxy) is 1. The number of carbonyl (C=O) groups excluding carboxylic acids is 2. The molecule has 2 fully saturated rings. The van der Waals surface area contributed by atoms with Crippen LogP contribution in [-0.4, -0.2) is 77.4 Å². The number of piperidine rings is 1. The Balaban J connectivity index is 1.19. The molecule has 2 aromatic carbocycles. The number of benzene rings is 2. The van der Waals surface area contributed by atoms with Crippen molar-refractivity contribution < 1.29 is 31.7 Å². The lowest BCUT2D eigenvalue weighted by molar-refractivity contribution is -0.187. The average Bonchev–Trinajstić information content (AvgIpc) is 3.73. The van der Waals surface area contributed by atoms with Gasteiger partial charge in [-0.15, -0.1) is 0 Å². The van der Waals surface area contributed by atoms with Crippen LogP contribution in [0.1, 0.15) is 53.6 Å². The van der Waals surface area contributed by atoms with Crippen molar-refractivity contribution in [3.8, 4) is 0 Å². The molecule has 1 saturated heterocycles. The molecule has 3 atom stereocenters. The summed E-state index contributed by atoms with van der Waals surface area (Å²) in [5, 5.41) is 0. The summed E-state index contributed by atoms with van der Waals surface area (Å²) in [6.45, 7) is 4.79. The minimum Gasteiger partial charge on any atom is -0.462 e. The van der Waals surface area contributed by atoms with Gasteiger partial charge in [0.05, 0.1) is 28.9 Å². The first-order valence-corrected chi connectivity index (χ1v) is 15.0. The highest BCUT2D eigenvalue weighted by molar-refractivity contribution is 7.82. The van der Waals surface area contributed by atoms with Gasteiger partial charge in [-0.1, -0.05) is 42.5 Å². The average molecular weight is 580 g/mol. The number of amides is 1. The molecule has 1 amide bonds. The summed E-state index contributed by atoms with van der Waals surface area (Å²) >= 11 is 0. The SMILES string of the molecule is CCOC(=O)c1ccc(CS(=O)NCCN2CCC(CN(C(=O)C(F)(F)F)C3CC3c3ccccc3)CC2)cc1. The second-order valence-electron chi connectivity index (χ2n) is 10.4. The first-order valence-electron chi connectivity index (χ1n) is 13.7. The molecular formula is C29H36F3N3O4S. The summed E-state index contributed by atoms with van der Waals surface area (Å²) in [7, 11) is -1.29. The fourth-order valence-electron chi connectivity index (χ4n) is 5.26. The summed E-state index contributed by atoms with van der Waals surface area (Å²) in [4.78, 5) is 27.3. The van der Waals surface area contributed by atoms with E-state index in [-0.39, 0.29) is 24.3 Å². The van der Waals surface area contributed by atoms with Crippen molar-refractivity contribution in [2.24, 2.45) is 5.92 Å². The van der Waals surface area contributed by atoms with Gasteiger partial charge in [-0.2, -0.15) is 13.2 Å². The Morgan fingerprint density at radius 1 is 1.07 bits per heavy atom. The molecule has 2 aromatic rings. The van der Waals surface area contributed by atoms with Gasteiger partial charge in [0.15, 0.2) is 0 Å². The van der Waals surface area contributed by atoms with E-state index in [9.17, 15) is 27.0 Å². The highest BCUT2D eigenvalue weighted by Crippen LogP contribution is 2.46. The Kier molecular flexibility index (Phi) is 10.4. The molecule has 2 aliphatic rings. The smallest absolute Gasteiger partial charge is 0.462 e. The molecule has 0 bridgehead atoms. The fraction of sp³-hybridized carbons (Fsp3) is 0.517. The van der Waals surface area contributed by atoms with Crippen LogP contribution in [-0.2, 0) is 26.3 Å². The van der Waals surface area contributed by atoms with E-state index >= 15 is 0 Å². The lowest BCUT2D eigenvalue weighted by Crippen LogP contribution is -2.47. The van der Waals surface area contributed by atoms with Crippen LogP contribution in [0.2, 0.25) is 0 Å². The van der Waals surface area contributed by atoms with Crippen LogP contribution in [0.3, 0.4) is 0 Å². The third-order valence-corrected chi connectivity index (χ3v) is 8.63. The number of alkyl halides is 3. The third kappa shape index (κ3) is 8.37. The number of carbonyl (C=O) groups is 2. The van der Waals surface area contributed by atoms with Gasteiger partial charge in [0, 0.05) is 31.6 Å². The van der Waals surface area contributed by atoms with E-state index in [0.29, 0.717) is 50.3 Å². The molecule has 1 heterocycles. The Bertz CT molecular complexity index is 1160. The summed E-state index contributed by atoms with van der Waals surface area (Å²) < 4.78 is 60.6. The molecule has 4 rings (SSSR count). The van der Waals surface area contributed by atoms with Gasteiger partial charge in [-0.25, -0.2) is 13.7 Å². The van der Waals surface area contributed by atoms with Gasteiger partial charge in [-0.3, -0.25) is 4.79 Å². The zero-order chi connectivity index (χ0) is 28.7. The lowest BCUT2D eigenvalue weighted by atomic mass is 9.96. The molecule has 0 radical (unpaired) electrons. The molecule has 218 valence electrons. The Labute approximate surface area is 235 Å². The van der Waals surface area contributed by atoms with E-state index < -0.39 is 29.1 Å². The molecule has 7 nitrogen and oxygen atoms in total. The van der Waals surface area contributed by atoms with Gasteiger partial charge < -0.3 is 14.5 Å². The third-order valence-electron chi connectivity index (χ3n) is 7.50. The Morgan fingerprint density at radius 2 is 1.75 bits per heavy atom. The number of rotatable bonds is 12. The Morgan fingerprint density at radius 3 is 2.38 bits per heavy atom. The maximum absolute atomic E-state index is 13.4. The zero-order valence-electron chi connectivity index (χ0n) is 22.6. The number of hydrogen-bond donors (Lipinski definition) is 1. The summed E-state index contributed by atoms with van der Waals surface area (Å²) in [5.41, 5.74) is 2.26. The second kappa shape index (κ2) is 13.7. The van der Waals surface area contributed by atoms with Gasteiger partial charge in [0.1, 0.15) is 0 Å². The second-order valence-corrected chi connectivity index (χ2v) is 11.6. The lowest BCUT2D eigenvalue weighted by Gasteiger charge is -2.35. The Hall–Kier alpha value is -2.76. The first-order chi connectivity index (χ1) is 19.2. The van der Waals surface area contributed by atoms with E-state index in [2.05, 4.69) is 9.62 Å². The van der Waals surface area contributed by atoms with Crippen LogP contribution in [0, 0.1) is 5.92 Å². The minimum atomic E-state index is -4.88. The zero-order valence-corrected chi connectivity index (χ0v) is 23.4. The monoisotopic (exact) mass is 579 g/mol. The molecule has 1 saturated carbocycles. The van der Waals surface area contributed by atoms with Crippen LogP contribution in [0.4, 0.5) is 13.2 Å². The largest absolute Gasteiger partial charge is 0.471 e. The van der Waals surface area contributed by atoms with E-state index in [1.165, 1.54) is 0 Å². The molecule has 1 N–H and O–H groups in total. The molecule has 1 aliphatic carbocycles. The van der Waals surface area contributed by atoms with Crippen LogP contribution in [0.5, 0.6) is 0 Å². The maximum atomic E-state index is 13.4. The predicted octanol–water partition coefficient (Wildman–Crippen LogP) is 4.28. The number of likely N-dealkylation sites (tertiary alicyclic amines) is 1. The molecule has 40 heavy (non-hydrogen) atoms. The van der Waals surface area contributed by atoms with E-state index in [4.69, 9.17) is 4.74 Å². The number of nitrogens with one attached hydrogen (secondary N) is 1. The fourth-order valence-corrected chi connectivity index (χ4v) is 6.17. The number of esters is 1. The van der Waals surface area contributed by atoms with Crippen LogP contribution in [0.25, 0.3) is 0 Å². The highest BCUT2D eigenvalue weighted by Gasteiger charge is 2.52. The summed E-state index contributed by atoms with van der Waals surface area (Å²) in [6.07, 6.45) is -2.90. The molecule has 1 aliphatic heterocycles. The first kappa shape index (κ1) is 30.2. The topological polar surface area (TPSA) is 79.0 Å². The van der Waals surface area contributed by atoms with E-state index in [1.807, 2.05) is 30.3 Å². The van der Waals surface area contributed by atoms with Crippen molar-refractivity contribution in [1.29, 1.82) is 0 Å². The van der Waals surface area contributed by atoms with Gasteiger partial charge in [0.25, 0.3) is 0 Å². The maximum Gasteiger partial charge on any atom is 0.471 e. The van der Waals surface area contributed by atoms with Gasteiger partial charge in [-0.05, 0) is 68.5 Å². The quantitative estimate of drug-likeness (QED) is 0.380. The van der Waals surface area contributed by atoms with Crippen molar-refractivity contribution in [3.63, 3.8) is 0 Å². The van der Waals surface area contributed by atoms with Crippen molar-refractivity contribution in [2.45, 2.75) is 50.1 Å². The molecular weight excluding hydrogens is 543 g/mol. The van der Waals surface area contributed by atoms with Crippen molar-refractivity contribution in [1.82, 2.24) is 14.5 Å². The molecule has 0 spiro atoms. The predicted molar refractivity (Wildman–Crippen MR) is 147 cm³/mol. The van der Waals surface area contributed by atoms with Crippen LogP contribution < -0.4 is 4.72 Å². The summed E-state index contributed by atoms with van der Waals surface area (Å²) in [6, 6.07) is 15.8. The van der Waals surface area contributed by atoms with Crippen molar-refractivity contribution >= 4 is 22.9 Å². The van der Waals surface area contributed by atoms with E-state index in [0.717, 1.165) is 29.1 Å². The summed E-state index contributed by atoms with van der Waals surface area (Å²) in [5.74, 6) is -1.85. The van der Waals surface area contributed by atoms with E-state index in [1.54, 1.807) is 31.2 Å². The van der Waals surface area contributed by atoms with Gasteiger partial charge in [0.2, 0.25) is 0 Å². The highest BCUT2D eigenvalue weighted by atomic mass is 32.2. The number of nitrogens with zero attached hydrogens (tertiary/aromatic N) is 2. The molecule has 0 aromatic heterocycles. The van der Waals surface area contributed by atoms with Crippen LogP contribution in [0.15, 0.2) is 54.6 Å². The molecule has 11 heteroatoms. The van der Waals surface area contributed by atoms with Gasteiger partial charge >= 0.3 is 18.1 Å². The minimum absolute atomic E-state index is 0.0132. The van der Waals surface area contributed by atoms with Crippen molar-refractivity contribution in [3.05, 3.63) is 71.3 Å². The number of halogens is 3. The normalized spacial score (nSPS) is 20.6. The standard InChI is InChI=1S/C29H36F3N3O4S/c1-2-39-27(36)24-10-8-22(9-11-24)20-40(38)33-14-17-34-15-12-21(13-16-34)19-35(28(37)29(30,31)32)26-18-25(26)23-6-4-3-5-7-23/h3-11,21,25-26,33H,2,12-20H2,1H3. The number of hydrogen-bond acceptors (Lipinski definition) is 5. The van der Waals surface area contributed by atoms with Crippen LogP contribution >= 0.6 is 0 Å².